The second-order valence-corrected chi connectivity index (χ2v) is 6.44. The Morgan fingerprint density at radius 3 is 1.47 bits per heavy atom. The van der Waals surface area contributed by atoms with E-state index in [4.69, 9.17) is 0 Å². The van der Waals surface area contributed by atoms with E-state index in [9.17, 15) is 0 Å². The summed E-state index contributed by atoms with van der Waals surface area (Å²) in [6, 6.07) is 17.9. The summed E-state index contributed by atoms with van der Waals surface area (Å²) in [5, 5.41) is 0.0378. The molecule has 0 N–H and O–H groups in total. The molecule has 2 aromatic carbocycles. The molecule has 1 heteroatoms. The van der Waals surface area contributed by atoms with Crippen molar-refractivity contribution in [2.75, 3.05) is 0 Å². The van der Waals surface area contributed by atoms with Gasteiger partial charge in [0.1, 0.15) is 0 Å². The van der Waals surface area contributed by atoms with Crippen molar-refractivity contribution >= 4 is 9.24 Å². The predicted octanol–water partition coefficient (Wildman–Crippen LogP) is 5.22. The van der Waals surface area contributed by atoms with Crippen LogP contribution in [-0.2, 0) is 5.16 Å². The quantitative estimate of drug-likeness (QED) is 0.668. The standard InChI is InChI=1S/C18H23P/c1-4-13-18(19,16-9-5-14(2)6-10-16)17-11-7-15(3)8-12-17/h5-12H,4,13,19H2,1-3H3. The van der Waals surface area contributed by atoms with Crippen molar-refractivity contribution in [3.8, 4) is 0 Å². The minimum absolute atomic E-state index is 0.0378. The summed E-state index contributed by atoms with van der Waals surface area (Å²) in [6.45, 7) is 6.53. The Morgan fingerprint density at radius 1 is 0.789 bits per heavy atom. The Kier molecular flexibility index (Phi) is 4.42. The molecule has 0 spiro atoms. The highest BCUT2D eigenvalue weighted by Gasteiger charge is 2.27. The first-order chi connectivity index (χ1) is 9.06. The minimum Gasteiger partial charge on any atom is -0.122 e. The smallest absolute Gasteiger partial charge is 0.0344 e. The van der Waals surface area contributed by atoms with Crippen molar-refractivity contribution in [3.05, 3.63) is 70.8 Å². The lowest BCUT2D eigenvalue weighted by atomic mass is 9.86. The Hall–Kier alpha value is -1.13. The molecule has 0 fully saturated rings. The van der Waals surface area contributed by atoms with Crippen LogP contribution in [0.4, 0.5) is 0 Å². The van der Waals surface area contributed by atoms with Crippen LogP contribution in [0.2, 0.25) is 0 Å². The highest BCUT2D eigenvalue weighted by molar-refractivity contribution is 7.19. The fourth-order valence-corrected chi connectivity index (χ4v) is 3.23. The van der Waals surface area contributed by atoms with Gasteiger partial charge in [-0.15, -0.1) is 9.24 Å². The molecule has 0 aliphatic rings. The predicted molar refractivity (Wildman–Crippen MR) is 87.8 cm³/mol. The van der Waals surface area contributed by atoms with Crippen LogP contribution in [0.3, 0.4) is 0 Å². The van der Waals surface area contributed by atoms with E-state index in [1.807, 2.05) is 0 Å². The van der Waals surface area contributed by atoms with Crippen LogP contribution in [0, 0.1) is 13.8 Å². The fraction of sp³-hybridized carbons (Fsp3) is 0.333. The highest BCUT2D eigenvalue weighted by Crippen LogP contribution is 2.42. The van der Waals surface area contributed by atoms with E-state index in [-0.39, 0.29) is 5.16 Å². The topological polar surface area (TPSA) is 0 Å². The van der Waals surface area contributed by atoms with Crippen molar-refractivity contribution in [2.45, 2.75) is 38.8 Å². The molecule has 0 radical (unpaired) electrons. The zero-order chi connectivity index (χ0) is 13.9. The number of rotatable bonds is 4. The Labute approximate surface area is 119 Å². The van der Waals surface area contributed by atoms with E-state index in [1.165, 1.54) is 28.7 Å². The average molecular weight is 270 g/mol. The zero-order valence-electron chi connectivity index (χ0n) is 12.1. The summed E-state index contributed by atoms with van der Waals surface area (Å²) in [5.74, 6) is 0. The van der Waals surface area contributed by atoms with Gasteiger partial charge in [0.2, 0.25) is 0 Å². The van der Waals surface area contributed by atoms with Gasteiger partial charge in [-0.25, -0.2) is 0 Å². The molecule has 0 aromatic heterocycles. The third kappa shape index (κ3) is 3.07. The van der Waals surface area contributed by atoms with E-state index < -0.39 is 0 Å². The third-order valence-electron chi connectivity index (χ3n) is 3.78. The van der Waals surface area contributed by atoms with Gasteiger partial charge in [0.05, 0.1) is 0 Å². The molecule has 0 amide bonds. The SMILES string of the molecule is CCCC(P)(c1ccc(C)cc1)c1ccc(C)cc1. The monoisotopic (exact) mass is 270 g/mol. The summed E-state index contributed by atoms with van der Waals surface area (Å²) >= 11 is 0. The van der Waals surface area contributed by atoms with E-state index in [1.54, 1.807) is 0 Å². The normalized spacial score (nSPS) is 11.6. The van der Waals surface area contributed by atoms with Crippen LogP contribution in [0.15, 0.2) is 48.5 Å². The molecule has 19 heavy (non-hydrogen) atoms. The number of benzene rings is 2. The lowest BCUT2D eigenvalue weighted by molar-refractivity contribution is 0.645. The number of aryl methyl sites for hydroxylation is 2. The largest absolute Gasteiger partial charge is 0.122 e. The van der Waals surface area contributed by atoms with Crippen LogP contribution in [0.25, 0.3) is 0 Å². The van der Waals surface area contributed by atoms with Crippen molar-refractivity contribution < 1.29 is 0 Å². The van der Waals surface area contributed by atoms with Gasteiger partial charge in [0, 0.05) is 5.16 Å². The second-order valence-electron chi connectivity index (χ2n) is 5.45. The first kappa shape index (κ1) is 14.3. The fourth-order valence-electron chi connectivity index (χ4n) is 2.55. The van der Waals surface area contributed by atoms with Gasteiger partial charge >= 0.3 is 0 Å². The lowest BCUT2D eigenvalue weighted by Crippen LogP contribution is -2.19. The summed E-state index contributed by atoms with van der Waals surface area (Å²) in [5.41, 5.74) is 5.40. The van der Waals surface area contributed by atoms with Crippen molar-refractivity contribution in [1.29, 1.82) is 0 Å². The maximum atomic E-state index is 3.10. The molecule has 100 valence electrons. The van der Waals surface area contributed by atoms with Gasteiger partial charge in [-0.3, -0.25) is 0 Å². The van der Waals surface area contributed by atoms with Crippen molar-refractivity contribution in [2.24, 2.45) is 0 Å². The molecule has 0 heterocycles. The summed E-state index contributed by atoms with van der Waals surface area (Å²) in [4.78, 5) is 0. The molecule has 1 atom stereocenters. The van der Waals surface area contributed by atoms with Crippen molar-refractivity contribution in [1.82, 2.24) is 0 Å². The molecule has 0 saturated carbocycles. The lowest BCUT2D eigenvalue weighted by Gasteiger charge is -2.31. The maximum absolute atomic E-state index is 3.10. The zero-order valence-corrected chi connectivity index (χ0v) is 13.3. The van der Waals surface area contributed by atoms with Gasteiger partial charge in [-0.2, -0.15) is 0 Å². The third-order valence-corrected chi connectivity index (χ3v) is 4.73. The van der Waals surface area contributed by atoms with Crippen molar-refractivity contribution in [3.63, 3.8) is 0 Å². The Balaban J connectivity index is 2.47. The summed E-state index contributed by atoms with van der Waals surface area (Å²) in [7, 11) is 3.10. The van der Waals surface area contributed by atoms with Gasteiger partial charge < -0.3 is 0 Å². The van der Waals surface area contributed by atoms with Gasteiger partial charge in [-0.1, -0.05) is 73.0 Å². The van der Waals surface area contributed by atoms with E-state index >= 15 is 0 Å². The van der Waals surface area contributed by atoms with E-state index in [2.05, 4.69) is 78.5 Å². The molecule has 0 aliphatic carbocycles. The number of hydrogen-bond donors (Lipinski definition) is 0. The maximum Gasteiger partial charge on any atom is 0.0344 e. The van der Waals surface area contributed by atoms with Crippen LogP contribution in [0.1, 0.15) is 42.0 Å². The van der Waals surface area contributed by atoms with Crippen LogP contribution in [-0.4, -0.2) is 0 Å². The number of hydrogen-bond acceptors (Lipinski definition) is 0. The highest BCUT2D eigenvalue weighted by atomic mass is 31.0. The summed E-state index contributed by atoms with van der Waals surface area (Å²) < 4.78 is 0. The summed E-state index contributed by atoms with van der Waals surface area (Å²) in [6.07, 6.45) is 2.31. The minimum atomic E-state index is 0.0378. The second kappa shape index (κ2) is 5.88. The van der Waals surface area contributed by atoms with Gasteiger partial charge in [-0.05, 0) is 31.4 Å². The molecule has 2 rings (SSSR count). The molecule has 1 unspecified atom stereocenters. The Bertz CT molecular complexity index is 477. The average Bonchev–Trinajstić information content (AvgIpc) is 2.40. The molecule has 0 nitrogen and oxygen atoms in total. The molecular weight excluding hydrogens is 247 g/mol. The Morgan fingerprint density at radius 2 is 1.16 bits per heavy atom. The first-order valence-corrected chi connectivity index (χ1v) is 7.57. The van der Waals surface area contributed by atoms with Crippen LogP contribution >= 0.6 is 9.24 Å². The molecule has 2 aromatic rings. The van der Waals surface area contributed by atoms with Crippen LogP contribution < -0.4 is 0 Å². The van der Waals surface area contributed by atoms with E-state index in [0.717, 1.165) is 6.42 Å². The van der Waals surface area contributed by atoms with Gasteiger partial charge in [0.15, 0.2) is 0 Å². The molecule has 0 saturated heterocycles. The molecule has 0 bridgehead atoms. The van der Waals surface area contributed by atoms with E-state index in [0.29, 0.717) is 0 Å². The van der Waals surface area contributed by atoms with Crippen LogP contribution in [0.5, 0.6) is 0 Å². The molecule has 0 aliphatic heterocycles. The molecular formula is C18H23P. The van der Waals surface area contributed by atoms with Gasteiger partial charge in [0.25, 0.3) is 0 Å². The first-order valence-electron chi connectivity index (χ1n) is 6.99.